The number of nitrogens with one attached hydrogen (secondary N) is 1. The molecule has 1 amide bonds. The zero-order valence-corrected chi connectivity index (χ0v) is 14.2. The van der Waals surface area contributed by atoms with Crippen molar-refractivity contribution in [3.05, 3.63) is 41.7 Å². The highest BCUT2D eigenvalue weighted by Crippen LogP contribution is 2.40. The molecule has 1 aromatic carbocycles. The van der Waals surface area contributed by atoms with E-state index in [1.165, 1.54) is 24.6 Å². The summed E-state index contributed by atoms with van der Waals surface area (Å²) in [5.74, 6) is 2.08. The Bertz CT molecular complexity index is 652. The van der Waals surface area contributed by atoms with Crippen LogP contribution >= 0.6 is 11.8 Å². The number of hydrogen-bond acceptors (Lipinski definition) is 4. The summed E-state index contributed by atoms with van der Waals surface area (Å²) >= 11 is 1.47. The predicted molar refractivity (Wildman–Crippen MR) is 91.3 cm³/mol. The van der Waals surface area contributed by atoms with E-state index in [9.17, 15) is 4.79 Å². The van der Waals surface area contributed by atoms with Crippen LogP contribution in [0.25, 0.3) is 0 Å². The zero-order chi connectivity index (χ0) is 16.1. The molecule has 2 aromatic rings. The maximum atomic E-state index is 12.0. The van der Waals surface area contributed by atoms with E-state index in [0.29, 0.717) is 18.2 Å². The number of aromatic nitrogens is 3. The molecule has 3 rings (SSSR count). The first-order chi connectivity index (χ1) is 11.3. The van der Waals surface area contributed by atoms with Crippen LogP contribution in [0, 0.1) is 0 Å². The van der Waals surface area contributed by atoms with Gasteiger partial charge < -0.3 is 9.88 Å². The molecule has 1 N–H and O–H groups in total. The molecule has 122 valence electrons. The maximum Gasteiger partial charge on any atom is 0.230 e. The third kappa shape index (κ3) is 4.34. The van der Waals surface area contributed by atoms with Gasteiger partial charge in [0.2, 0.25) is 5.91 Å². The normalized spacial score (nSPS) is 14.0. The molecule has 0 saturated heterocycles. The van der Waals surface area contributed by atoms with Crippen molar-refractivity contribution >= 4 is 17.7 Å². The Labute approximate surface area is 140 Å². The van der Waals surface area contributed by atoms with Gasteiger partial charge >= 0.3 is 0 Å². The number of nitrogens with zero attached hydrogens (tertiary/aromatic N) is 3. The molecule has 5 nitrogen and oxygen atoms in total. The van der Waals surface area contributed by atoms with Crippen molar-refractivity contribution in [3.8, 4) is 0 Å². The third-order valence-corrected chi connectivity index (χ3v) is 4.77. The summed E-state index contributed by atoms with van der Waals surface area (Å²) in [5, 5.41) is 12.4. The van der Waals surface area contributed by atoms with Crippen molar-refractivity contribution in [2.75, 3.05) is 5.75 Å². The van der Waals surface area contributed by atoms with Crippen LogP contribution in [0.1, 0.15) is 43.5 Å². The van der Waals surface area contributed by atoms with E-state index in [1.54, 1.807) is 0 Å². The lowest BCUT2D eigenvalue weighted by atomic mass is 10.2. The average Bonchev–Trinajstić information content (AvgIpc) is 3.34. The van der Waals surface area contributed by atoms with Crippen molar-refractivity contribution in [3.63, 3.8) is 0 Å². The SMILES string of the molecule is CCCn1c(SCC(=O)NCc2ccccc2)nnc1C1CC1. The van der Waals surface area contributed by atoms with Crippen LogP contribution in [-0.2, 0) is 17.9 Å². The quantitative estimate of drug-likeness (QED) is 0.756. The average molecular weight is 330 g/mol. The maximum absolute atomic E-state index is 12.0. The minimum absolute atomic E-state index is 0.0258. The van der Waals surface area contributed by atoms with Gasteiger partial charge in [0.15, 0.2) is 5.16 Å². The number of rotatable bonds is 8. The summed E-state index contributed by atoms with van der Waals surface area (Å²) in [5.41, 5.74) is 1.11. The van der Waals surface area contributed by atoms with Gasteiger partial charge in [-0.15, -0.1) is 10.2 Å². The van der Waals surface area contributed by atoms with Crippen molar-refractivity contribution in [1.29, 1.82) is 0 Å². The van der Waals surface area contributed by atoms with Crippen LogP contribution in [0.2, 0.25) is 0 Å². The minimum atomic E-state index is 0.0258. The van der Waals surface area contributed by atoms with Crippen molar-refractivity contribution in [2.24, 2.45) is 0 Å². The zero-order valence-electron chi connectivity index (χ0n) is 13.4. The molecule has 0 spiro atoms. The number of hydrogen-bond donors (Lipinski definition) is 1. The molecule has 0 bridgehead atoms. The second-order valence-corrected chi connectivity index (χ2v) is 6.76. The lowest BCUT2D eigenvalue weighted by molar-refractivity contribution is -0.118. The third-order valence-electron chi connectivity index (χ3n) is 3.80. The fourth-order valence-electron chi connectivity index (χ4n) is 2.46. The van der Waals surface area contributed by atoms with E-state index in [4.69, 9.17) is 0 Å². The van der Waals surface area contributed by atoms with Crippen LogP contribution in [0.5, 0.6) is 0 Å². The molecule has 23 heavy (non-hydrogen) atoms. The highest BCUT2D eigenvalue weighted by molar-refractivity contribution is 7.99. The highest BCUT2D eigenvalue weighted by atomic mass is 32.2. The van der Waals surface area contributed by atoms with Gasteiger partial charge in [-0.25, -0.2) is 0 Å². The summed E-state index contributed by atoms with van der Waals surface area (Å²) in [6.45, 7) is 3.64. The Kier molecular flexibility index (Phi) is 5.33. The first-order valence-electron chi connectivity index (χ1n) is 8.14. The standard InChI is InChI=1S/C17H22N4OS/c1-2-10-21-16(14-8-9-14)19-20-17(21)23-12-15(22)18-11-13-6-4-3-5-7-13/h3-7,14H,2,8-12H2,1H3,(H,18,22). The molecular formula is C17H22N4OS. The summed E-state index contributed by atoms with van der Waals surface area (Å²) in [4.78, 5) is 12.0. The van der Waals surface area contributed by atoms with Gasteiger partial charge in [0, 0.05) is 19.0 Å². The predicted octanol–water partition coefficient (Wildman–Crippen LogP) is 2.97. The monoisotopic (exact) mass is 330 g/mol. The number of carbonyl (C=O) groups excluding carboxylic acids is 1. The van der Waals surface area contributed by atoms with Crippen molar-refractivity contribution in [2.45, 2.75) is 50.4 Å². The summed E-state index contributed by atoms with van der Waals surface area (Å²) in [7, 11) is 0. The first kappa shape index (κ1) is 16.1. The fourth-order valence-corrected chi connectivity index (χ4v) is 3.26. The molecule has 6 heteroatoms. The second kappa shape index (κ2) is 7.64. The van der Waals surface area contributed by atoms with E-state index in [1.807, 2.05) is 30.3 Å². The molecule has 1 fully saturated rings. The molecule has 0 unspecified atom stereocenters. The Hall–Kier alpha value is -1.82. The van der Waals surface area contributed by atoms with Crippen LogP contribution in [-0.4, -0.2) is 26.4 Å². The van der Waals surface area contributed by atoms with Gasteiger partial charge in [0.25, 0.3) is 0 Å². The molecule has 1 aromatic heterocycles. The van der Waals surface area contributed by atoms with E-state index in [2.05, 4.69) is 27.0 Å². The van der Waals surface area contributed by atoms with Crippen LogP contribution < -0.4 is 5.32 Å². The molecule has 0 aliphatic heterocycles. The summed E-state index contributed by atoms with van der Waals surface area (Å²) in [6, 6.07) is 9.94. The van der Waals surface area contributed by atoms with Gasteiger partial charge in [0.05, 0.1) is 5.75 Å². The summed E-state index contributed by atoms with van der Waals surface area (Å²) in [6.07, 6.45) is 3.47. The van der Waals surface area contributed by atoms with Crippen LogP contribution in [0.3, 0.4) is 0 Å². The highest BCUT2D eigenvalue weighted by Gasteiger charge is 2.30. The number of benzene rings is 1. The van der Waals surface area contributed by atoms with E-state index >= 15 is 0 Å². The lowest BCUT2D eigenvalue weighted by Crippen LogP contribution is -2.24. The van der Waals surface area contributed by atoms with Crippen LogP contribution in [0.4, 0.5) is 0 Å². The Balaban J connectivity index is 1.52. The number of carbonyl (C=O) groups is 1. The smallest absolute Gasteiger partial charge is 0.230 e. The van der Waals surface area contributed by atoms with Crippen molar-refractivity contribution < 1.29 is 4.79 Å². The molecular weight excluding hydrogens is 308 g/mol. The van der Waals surface area contributed by atoms with Gasteiger partial charge in [-0.3, -0.25) is 4.79 Å². The Morgan fingerprint density at radius 1 is 1.30 bits per heavy atom. The molecule has 1 aliphatic carbocycles. The second-order valence-electron chi connectivity index (χ2n) is 5.82. The summed E-state index contributed by atoms with van der Waals surface area (Å²) < 4.78 is 2.19. The first-order valence-corrected chi connectivity index (χ1v) is 9.13. The number of thioether (sulfide) groups is 1. The minimum Gasteiger partial charge on any atom is -0.351 e. The van der Waals surface area contributed by atoms with Gasteiger partial charge in [0.1, 0.15) is 5.82 Å². The molecule has 0 atom stereocenters. The van der Waals surface area contributed by atoms with E-state index in [0.717, 1.165) is 29.5 Å². The largest absolute Gasteiger partial charge is 0.351 e. The number of amides is 1. The lowest BCUT2D eigenvalue weighted by Gasteiger charge is -2.08. The van der Waals surface area contributed by atoms with Crippen LogP contribution in [0.15, 0.2) is 35.5 Å². The van der Waals surface area contributed by atoms with Gasteiger partial charge in [-0.2, -0.15) is 0 Å². The Morgan fingerprint density at radius 3 is 2.78 bits per heavy atom. The van der Waals surface area contributed by atoms with E-state index < -0.39 is 0 Å². The molecule has 1 aliphatic rings. The van der Waals surface area contributed by atoms with Crippen molar-refractivity contribution in [1.82, 2.24) is 20.1 Å². The fraction of sp³-hybridized carbons (Fsp3) is 0.471. The van der Waals surface area contributed by atoms with Gasteiger partial charge in [-0.1, -0.05) is 49.0 Å². The van der Waals surface area contributed by atoms with E-state index in [-0.39, 0.29) is 5.91 Å². The molecule has 1 heterocycles. The topological polar surface area (TPSA) is 59.8 Å². The Morgan fingerprint density at radius 2 is 2.09 bits per heavy atom. The molecule has 0 radical (unpaired) electrons. The van der Waals surface area contributed by atoms with Gasteiger partial charge in [-0.05, 0) is 24.8 Å². The molecule has 1 saturated carbocycles.